The summed E-state index contributed by atoms with van der Waals surface area (Å²) in [6, 6.07) is 0. The topological polar surface area (TPSA) is 12.4 Å². The molecule has 0 fully saturated rings. The van der Waals surface area contributed by atoms with Gasteiger partial charge in [-0.2, -0.15) is 0 Å². The normalized spacial score (nSPS) is 9.67. The molecule has 0 bridgehead atoms. The zero-order valence-corrected chi connectivity index (χ0v) is 5.20. The van der Waals surface area contributed by atoms with Crippen LogP contribution in [-0.2, 0) is 0 Å². The number of rotatable bonds is 1. The number of halogens is 1. The minimum atomic E-state index is 0.810. The van der Waals surface area contributed by atoms with Gasteiger partial charge in [-0.25, -0.2) is 0 Å². The van der Waals surface area contributed by atoms with Gasteiger partial charge in [-0.15, -0.1) is 0 Å². The fourth-order valence-electron chi connectivity index (χ4n) is 0.140. The smallest absolute Gasteiger partial charge is 0.0345 e. The van der Waals surface area contributed by atoms with Crippen LogP contribution in [0.3, 0.4) is 0 Å². The van der Waals surface area contributed by atoms with E-state index in [0.29, 0.717) is 0 Å². The summed E-state index contributed by atoms with van der Waals surface area (Å²) in [6.07, 6.45) is 1.64. The van der Waals surface area contributed by atoms with E-state index in [4.69, 9.17) is 0 Å². The van der Waals surface area contributed by atoms with Crippen molar-refractivity contribution in [1.82, 2.24) is 0 Å². The summed E-state index contributed by atoms with van der Waals surface area (Å²) >= 11 is 3.09. The molecule has 0 saturated carbocycles. The predicted molar refractivity (Wildman–Crippen MR) is 32.5 cm³/mol. The van der Waals surface area contributed by atoms with E-state index in [1.54, 1.807) is 13.3 Å². The highest BCUT2D eigenvalue weighted by atomic mass is 79.9. The van der Waals surface area contributed by atoms with Crippen LogP contribution in [0.1, 0.15) is 0 Å². The van der Waals surface area contributed by atoms with Crippen molar-refractivity contribution >= 4 is 22.1 Å². The highest BCUT2D eigenvalue weighted by Gasteiger charge is 1.68. The van der Waals surface area contributed by atoms with E-state index in [-0.39, 0.29) is 0 Å². The molecule has 0 radical (unpaired) electrons. The lowest BCUT2D eigenvalue weighted by atomic mass is 10.7. The highest BCUT2D eigenvalue weighted by molar-refractivity contribution is 9.12. The molecular weight excluding hydrogens is 142 g/mol. The minimum Gasteiger partial charge on any atom is -0.295 e. The molecule has 1 nitrogen and oxygen atoms in total. The summed E-state index contributed by atoms with van der Waals surface area (Å²) in [5.74, 6) is 0. The summed E-state index contributed by atoms with van der Waals surface area (Å²) in [4.78, 5) is 3.66. The zero-order valence-electron chi connectivity index (χ0n) is 3.61. The molecule has 0 aromatic carbocycles. The first kappa shape index (κ1) is 5.89. The molecule has 0 aromatic heterocycles. The standard InChI is InChI=1S/C4H6BrN/c1-4(5)3-6-2/h3H,1H2,2H3. The number of nitrogens with zero attached hydrogens (tertiary/aromatic N) is 1. The van der Waals surface area contributed by atoms with Crippen LogP contribution in [0, 0.1) is 0 Å². The molecule has 0 heterocycles. The molecule has 6 heavy (non-hydrogen) atoms. The van der Waals surface area contributed by atoms with Gasteiger partial charge in [0.25, 0.3) is 0 Å². The average Bonchev–Trinajstić information content (AvgIpc) is 1.35. The first-order valence-corrected chi connectivity index (χ1v) is 2.33. The van der Waals surface area contributed by atoms with Gasteiger partial charge in [0.2, 0.25) is 0 Å². The van der Waals surface area contributed by atoms with Gasteiger partial charge in [-0.3, -0.25) is 4.99 Å². The van der Waals surface area contributed by atoms with Crippen LogP contribution in [0.2, 0.25) is 0 Å². The van der Waals surface area contributed by atoms with Gasteiger partial charge in [0.05, 0.1) is 0 Å². The number of hydrogen-bond acceptors (Lipinski definition) is 1. The molecular formula is C4H6BrN. The largest absolute Gasteiger partial charge is 0.295 e. The molecule has 0 saturated heterocycles. The second-order valence-corrected chi connectivity index (χ2v) is 1.85. The lowest BCUT2D eigenvalue weighted by molar-refractivity contribution is 1.48. The van der Waals surface area contributed by atoms with Crippen molar-refractivity contribution in [3.8, 4) is 0 Å². The lowest BCUT2D eigenvalue weighted by Gasteiger charge is -1.72. The average molecular weight is 148 g/mol. The number of hydrogen-bond donors (Lipinski definition) is 0. The third kappa shape index (κ3) is 3.89. The van der Waals surface area contributed by atoms with Crippen molar-refractivity contribution in [3.63, 3.8) is 0 Å². The minimum absolute atomic E-state index is 0.810. The summed E-state index contributed by atoms with van der Waals surface area (Å²) in [5, 5.41) is 0. The third-order valence-corrected chi connectivity index (χ3v) is 0.474. The van der Waals surface area contributed by atoms with Crippen LogP contribution in [0.5, 0.6) is 0 Å². The van der Waals surface area contributed by atoms with Gasteiger partial charge >= 0.3 is 0 Å². The summed E-state index contributed by atoms with van der Waals surface area (Å²) < 4.78 is 0.810. The van der Waals surface area contributed by atoms with E-state index >= 15 is 0 Å². The van der Waals surface area contributed by atoms with Crippen molar-refractivity contribution in [1.29, 1.82) is 0 Å². The molecule has 0 amide bonds. The van der Waals surface area contributed by atoms with Crippen molar-refractivity contribution in [2.24, 2.45) is 4.99 Å². The molecule has 0 aliphatic carbocycles. The van der Waals surface area contributed by atoms with Crippen molar-refractivity contribution in [2.75, 3.05) is 7.05 Å². The maximum absolute atomic E-state index is 3.66. The molecule has 34 valence electrons. The molecule has 0 aliphatic heterocycles. The molecule has 0 aromatic rings. The summed E-state index contributed by atoms with van der Waals surface area (Å²) in [5.41, 5.74) is 0. The Bertz CT molecular complexity index is 75.6. The Morgan fingerprint density at radius 3 is 2.50 bits per heavy atom. The van der Waals surface area contributed by atoms with Crippen LogP contribution < -0.4 is 0 Å². The van der Waals surface area contributed by atoms with Crippen LogP contribution in [0.4, 0.5) is 0 Å². The third-order valence-electron chi connectivity index (χ3n) is 0.269. The second-order valence-electron chi connectivity index (χ2n) is 0.834. The number of aliphatic imine (C=N–C) groups is 1. The van der Waals surface area contributed by atoms with Crippen molar-refractivity contribution in [2.45, 2.75) is 0 Å². The lowest BCUT2D eigenvalue weighted by Crippen LogP contribution is -1.63. The van der Waals surface area contributed by atoms with E-state index in [2.05, 4.69) is 27.5 Å². The maximum atomic E-state index is 3.66. The molecule has 0 spiro atoms. The van der Waals surface area contributed by atoms with Crippen molar-refractivity contribution in [3.05, 3.63) is 11.1 Å². The van der Waals surface area contributed by atoms with E-state index in [0.717, 1.165) is 4.48 Å². The van der Waals surface area contributed by atoms with Gasteiger partial charge in [0, 0.05) is 17.7 Å². The first-order chi connectivity index (χ1) is 2.77. The van der Waals surface area contributed by atoms with E-state index in [1.807, 2.05) is 0 Å². The van der Waals surface area contributed by atoms with Crippen LogP contribution >= 0.6 is 15.9 Å². The van der Waals surface area contributed by atoms with E-state index < -0.39 is 0 Å². The Balaban J connectivity index is 3.30. The molecule has 0 atom stereocenters. The fraction of sp³-hybridized carbons (Fsp3) is 0.250. The first-order valence-electron chi connectivity index (χ1n) is 1.54. The monoisotopic (exact) mass is 147 g/mol. The van der Waals surface area contributed by atoms with Gasteiger partial charge in [0.15, 0.2) is 0 Å². The van der Waals surface area contributed by atoms with Crippen molar-refractivity contribution < 1.29 is 0 Å². The van der Waals surface area contributed by atoms with Crippen LogP contribution in [0.25, 0.3) is 0 Å². The second kappa shape index (κ2) is 3.09. The predicted octanol–water partition coefficient (Wildman–Crippen LogP) is 1.60. The van der Waals surface area contributed by atoms with Crippen LogP contribution in [0.15, 0.2) is 16.1 Å². The fourth-order valence-corrected chi connectivity index (χ4v) is 0.345. The zero-order chi connectivity index (χ0) is 4.99. The Hall–Kier alpha value is -0.110. The summed E-state index contributed by atoms with van der Waals surface area (Å²) in [7, 11) is 1.70. The molecule has 2 heteroatoms. The highest BCUT2D eigenvalue weighted by Crippen LogP contribution is 1.92. The maximum Gasteiger partial charge on any atom is 0.0345 e. The Morgan fingerprint density at radius 1 is 2.00 bits per heavy atom. The van der Waals surface area contributed by atoms with Crippen LogP contribution in [-0.4, -0.2) is 13.3 Å². The van der Waals surface area contributed by atoms with Gasteiger partial charge < -0.3 is 0 Å². The van der Waals surface area contributed by atoms with Gasteiger partial charge in [-0.05, 0) is 15.9 Å². The van der Waals surface area contributed by atoms with E-state index in [9.17, 15) is 0 Å². The Kier molecular flexibility index (Phi) is 3.04. The molecule has 0 aliphatic rings. The molecule has 0 rings (SSSR count). The quantitative estimate of drug-likeness (QED) is 0.500. The van der Waals surface area contributed by atoms with E-state index in [1.165, 1.54) is 0 Å². The number of allylic oxidation sites excluding steroid dienone is 1. The SMILES string of the molecule is C=C(Br)C=NC. The Morgan fingerprint density at radius 2 is 2.50 bits per heavy atom. The molecule has 0 N–H and O–H groups in total. The van der Waals surface area contributed by atoms with Gasteiger partial charge in [-0.1, -0.05) is 6.58 Å². The Labute approximate surface area is 45.9 Å². The molecule has 0 unspecified atom stereocenters. The summed E-state index contributed by atoms with van der Waals surface area (Å²) in [6.45, 7) is 3.51. The van der Waals surface area contributed by atoms with Gasteiger partial charge in [0.1, 0.15) is 0 Å².